The zero-order valence-electron chi connectivity index (χ0n) is 18.8. The van der Waals surface area contributed by atoms with Crippen LogP contribution in [-0.4, -0.2) is 35.4 Å². The molecule has 33 heavy (non-hydrogen) atoms. The maximum atomic E-state index is 13.3. The molecule has 2 aromatic heterocycles. The van der Waals surface area contributed by atoms with E-state index in [-0.39, 0.29) is 17.2 Å². The smallest absolute Gasteiger partial charge is 0.263 e. The van der Waals surface area contributed by atoms with E-state index < -0.39 is 0 Å². The minimum atomic E-state index is -0.139. The number of amides is 1. The first-order chi connectivity index (χ1) is 16.0. The quantitative estimate of drug-likeness (QED) is 0.281. The molecule has 2 heterocycles. The molecule has 4 rings (SSSR count). The molecule has 0 atom stereocenters. The molecule has 0 aliphatic heterocycles. The average Bonchev–Trinajstić information content (AvgIpc) is 3.21. The lowest BCUT2D eigenvalue weighted by Crippen LogP contribution is -2.26. The number of carbonyl (C=O) groups excluding carboxylic acids is 1. The Labute approximate surface area is 200 Å². The number of nitrogens with zero attached hydrogens (tertiary/aromatic N) is 2. The molecule has 0 bridgehead atoms. The van der Waals surface area contributed by atoms with E-state index in [1.807, 2.05) is 18.2 Å². The Morgan fingerprint density at radius 3 is 2.82 bits per heavy atom. The van der Waals surface area contributed by atoms with Crippen LogP contribution in [0.5, 0.6) is 11.5 Å². The van der Waals surface area contributed by atoms with Gasteiger partial charge < -0.3 is 14.8 Å². The van der Waals surface area contributed by atoms with Crippen molar-refractivity contribution in [2.24, 2.45) is 0 Å². The Hall–Kier alpha value is -2.78. The van der Waals surface area contributed by atoms with Gasteiger partial charge in [0.15, 0.2) is 16.7 Å². The molecule has 1 amide bonds. The minimum Gasteiger partial charge on any atom is -0.493 e. The molecule has 1 aromatic carbocycles. The Bertz CT molecular complexity index is 1250. The van der Waals surface area contributed by atoms with E-state index in [1.54, 1.807) is 36.2 Å². The third-order valence-electron chi connectivity index (χ3n) is 5.62. The topological polar surface area (TPSA) is 82.5 Å². The molecule has 0 saturated carbocycles. The van der Waals surface area contributed by atoms with Gasteiger partial charge in [-0.25, -0.2) is 4.98 Å². The number of aryl methyl sites for hydroxylation is 2. The predicted molar refractivity (Wildman–Crippen MR) is 133 cm³/mol. The number of rotatable bonds is 9. The number of nitrogens with one attached hydrogen (secondary N) is 1. The molecule has 7 nitrogen and oxygen atoms in total. The predicted octanol–water partition coefficient (Wildman–Crippen LogP) is 3.95. The normalized spacial score (nSPS) is 12.9. The highest BCUT2D eigenvalue weighted by molar-refractivity contribution is 7.99. The number of hydrogen-bond donors (Lipinski definition) is 1. The average molecular weight is 486 g/mol. The second-order valence-corrected chi connectivity index (χ2v) is 9.77. The minimum absolute atomic E-state index is 0.0347. The summed E-state index contributed by atoms with van der Waals surface area (Å²) in [5.41, 5.74) is 2.03. The number of hydrogen-bond acceptors (Lipinski definition) is 7. The molecular formula is C24H27N3O4S2. The molecule has 1 aliphatic rings. The van der Waals surface area contributed by atoms with Gasteiger partial charge >= 0.3 is 0 Å². The van der Waals surface area contributed by atoms with Gasteiger partial charge in [0.1, 0.15) is 4.83 Å². The third kappa shape index (κ3) is 4.94. The Morgan fingerprint density at radius 2 is 2.06 bits per heavy atom. The third-order valence-corrected chi connectivity index (χ3v) is 7.78. The van der Waals surface area contributed by atoms with Crippen LogP contribution in [0.25, 0.3) is 10.2 Å². The summed E-state index contributed by atoms with van der Waals surface area (Å²) in [5, 5.41) is 4.21. The fourth-order valence-electron chi connectivity index (χ4n) is 3.99. The summed E-state index contributed by atoms with van der Waals surface area (Å²) in [7, 11) is 3.16. The zero-order chi connectivity index (χ0) is 23.4. The van der Waals surface area contributed by atoms with E-state index in [2.05, 4.69) is 11.9 Å². The second-order valence-electron chi connectivity index (χ2n) is 7.74. The van der Waals surface area contributed by atoms with Gasteiger partial charge in [0.2, 0.25) is 5.91 Å². The van der Waals surface area contributed by atoms with E-state index >= 15 is 0 Å². The van der Waals surface area contributed by atoms with E-state index in [0.717, 1.165) is 41.5 Å². The number of ether oxygens (including phenoxy) is 2. The largest absolute Gasteiger partial charge is 0.493 e. The summed E-state index contributed by atoms with van der Waals surface area (Å²) in [5.74, 6) is 1.27. The summed E-state index contributed by atoms with van der Waals surface area (Å²) >= 11 is 2.89. The molecule has 0 fully saturated rings. The Morgan fingerprint density at radius 1 is 1.27 bits per heavy atom. The molecule has 1 aliphatic carbocycles. The van der Waals surface area contributed by atoms with Crippen molar-refractivity contribution in [3.05, 3.63) is 57.2 Å². The summed E-state index contributed by atoms with van der Waals surface area (Å²) < 4.78 is 12.2. The van der Waals surface area contributed by atoms with Gasteiger partial charge in [-0.1, -0.05) is 23.9 Å². The number of allylic oxidation sites excluding steroid dienone is 1. The van der Waals surface area contributed by atoms with Crippen LogP contribution in [0.15, 0.2) is 40.8 Å². The van der Waals surface area contributed by atoms with Crippen molar-refractivity contribution >= 4 is 39.2 Å². The molecular weight excluding hydrogens is 458 g/mol. The number of carbonyl (C=O) groups is 1. The summed E-state index contributed by atoms with van der Waals surface area (Å²) in [4.78, 5) is 32.6. The number of thiophene rings is 1. The van der Waals surface area contributed by atoms with Crippen molar-refractivity contribution in [3.8, 4) is 11.5 Å². The number of thioether (sulfide) groups is 1. The second kappa shape index (κ2) is 10.4. The molecule has 1 N–H and O–H groups in total. The van der Waals surface area contributed by atoms with Crippen LogP contribution in [0.3, 0.4) is 0 Å². The van der Waals surface area contributed by atoms with Gasteiger partial charge in [-0.3, -0.25) is 14.2 Å². The van der Waals surface area contributed by atoms with Gasteiger partial charge in [0.05, 0.1) is 25.4 Å². The van der Waals surface area contributed by atoms with E-state index in [1.165, 1.54) is 22.2 Å². The molecule has 174 valence electrons. The molecule has 0 spiro atoms. The Balaban J connectivity index is 1.48. The first-order valence-electron chi connectivity index (χ1n) is 10.8. The zero-order valence-corrected chi connectivity index (χ0v) is 20.4. The molecule has 3 aromatic rings. The van der Waals surface area contributed by atoms with Crippen LogP contribution < -0.4 is 20.3 Å². The van der Waals surface area contributed by atoms with E-state index in [9.17, 15) is 9.59 Å². The highest BCUT2D eigenvalue weighted by atomic mass is 32.2. The number of aromatic nitrogens is 2. The lowest BCUT2D eigenvalue weighted by atomic mass is 9.97. The maximum absolute atomic E-state index is 13.3. The van der Waals surface area contributed by atoms with Crippen LogP contribution in [-0.2, 0) is 30.7 Å². The lowest BCUT2D eigenvalue weighted by molar-refractivity contribution is -0.118. The van der Waals surface area contributed by atoms with Crippen molar-refractivity contribution in [2.75, 3.05) is 20.0 Å². The first kappa shape index (κ1) is 23.4. The van der Waals surface area contributed by atoms with Crippen molar-refractivity contribution in [1.82, 2.24) is 14.9 Å². The first-order valence-corrected chi connectivity index (χ1v) is 12.6. The summed E-state index contributed by atoms with van der Waals surface area (Å²) in [6, 6.07) is 5.52. The summed E-state index contributed by atoms with van der Waals surface area (Å²) in [6.07, 6.45) is 5.90. The molecule has 0 saturated heterocycles. The standard InChI is InChI=1S/C24H27N3O4S2/c1-4-11-27-23(29)21-16-7-5-6-8-19(16)33-22(21)26-24(27)32-14-20(28)25-13-15-9-10-17(30-2)18(12-15)31-3/h4,9-10,12H,1,5-8,11,13-14H2,2-3H3,(H,25,28). The van der Waals surface area contributed by atoms with Gasteiger partial charge in [-0.15, -0.1) is 17.9 Å². The highest BCUT2D eigenvalue weighted by Crippen LogP contribution is 2.34. The maximum Gasteiger partial charge on any atom is 0.263 e. The fraction of sp³-hybridized carbons (Fsp3) is 0.375. The number of fused-ring (bicyclic) bond motifs is 3. The molecule has 9 heteroatoms. The van der Waals surface area contributed by atoms with Crippen molar-refractivity contribution in [3.63, 3.8) is 0 Å². The highest BCUT2D eigenvalue weighted by Gasteiger charge is 2.22. The van der Waals surface area contributed by atoms with Crippen LogP contribution in [0.2, 0.25) is 0 Å². The van der Waals surface area contributed by atoms with Crippen LogP contribution in [0.4, 0.5) is 0 Å². The monoisotopic (exact) mass is 485 g/mol. The van der Waals surface area contributed by atoms with E-state index in [4.69, 9.17) is 14.5 Å². The van der Waals surface area contributed by atoms with Gasteiger partial charge in [0.25, 0.3) is 5.56 Å². The van der Waals surface area contributed by atoms with Crippen molar-refractivity contribution in [2.45, 2.75) is 43.9 Å². The van der Waals surface area contributed by atoms with Gasteiger partial charge in [-0.05, 0) is 48.9 Å². The molecule has 0 radical (unpaired) electrons. The van der Waals surface area contributed by atoms with Gasteiger partial charge in [0, 0.05) is 18.0 Å². The SMILES string of the molecule is C=CCn1c(SCC(=O)NCc2ccc(OC)c(OC)c2)nc2sc3c(c2c1=O)CCCC3. The van der Waals surface area contributed by atoms with E-state index in [0.29, 0.717) is 29.7 Å². The Kier molecular flexibility index (Phi) is 7.39. The van der Waals surface area contributed by atoms with Crippen LogP contribution in [0.1, 0.15) is 28.8 Å². The number of benzene rings is 1. The molecule has 0 unspecified atom stereocenters. The van der Waals surface area contributed by atoms with Crippen LogP contribution in [0, 0.1) is 0 Å². The number of methoxy groups -OCH3 is 2. The van der Waals surface area contributed by atoms with Crippen LogP contribution >= 0.6 is 23.1 Å². The summed E-state index contributed by atoms with van der Waals surface area (Å²) in [6.45, 7) is 4.51. The lowest BCUT2D eigenvalue weighted by Gasteiger charge is -2.12. The van der Waals surface area contributed by atoms with Crippen molar-refractivity contribution < 1.29 is 14.3 Å². The van der Waals surface area contributed by atoms with Crippen molar-refractivity contribution in [1.29, 1.82) is 0 Å². The van der Waals surface area contributed by atoms with Gasteiger partial charge in [-0.2, -0.15) is 0 Å². The fourth-order valence-corrected chi connectivity index (χ4v) is 6.13.